The van der Waals surface area contributed by atoms with Gasteiger partial charge in [0, 0.05) is 36.5 Å². The Labute approximate surface area is 233 Å². The van der Waals surface area contributed by atoms with Crippen LogP contribution in [0.15, 0.2) is 60.7 Å². The van der Waals surface area contributed by atoms with E-state index in [-0.39, 0.29) is 23.7 Å². The predicted octanol–water partition coefficient (Wildman–Crippen LogP) is 10.2. The van der Waals surface area contributed by atoms with Crippen LogP contribution in [0.3, 0.4) is 0 Å². The molecule has 1 fully saturated rings. The summed E-state index contributed by atoms with van der Waals surface area (Å²) in [5, 5.41) is 0. The number of rotatable bonds is 18. The van der Waals surface area contributed by atoms with E-state index in [1.165, 1.54) is 69.8 Å². The highest BCUT2D eigenvalue weighted by Gasteiger charge is 2.47. The molecule has 2 nitrogen and oxygen atoms in total. The molecule has 0 saturated heterocycles. The van der Waals surface area contributed by atoms with Gasteiger partial charge in [0.1, 0.15) is 11.6 Å². The molecule has 0 unspecified atom stereocenters. The maximum absolute atomic E-state index is 14.1. The van der Waals surface area contributed by atoms with E-state index in [4.69, 9.17) is 0 Å². The van der Waals surface area contributed by atoms with Crippen molar-refractivity contribution in [2.75, 3.05) is 0 Å². The summed E-state index contributed by atoms with van der Waals surface area (Å²) in [5.74, 6) is 0.527. The Bertz CT molecular complexity index is 919. The second-order valence-electron chi connectivity index (χ2n) is 11.7. The van der Waals surface area contributed by atoms with Gasteiger partial charge in [0.15, 0.2) is 0 Å². The molecule has 0 bridgehead atoms. The van der Waals surface area contributed by atoms with Crippen molar-refractivity contribution in [3.8, 4) is 0 Å². The normalized spacial score (nSPS) is 21.5. The molecule has 2 aromatic carbocycles. The van der Waals surface area contributed by atoms with Crippen LogP contribution in [0.5, 0.6) is 0 Å². The van der Waals surface area contributed by atoms with Gasteiger partial charge in [-0.25, -0.2) is 0 Å². The first-order valence-electron chi connectivity index (χ1n) is 15.8. The van der Waals surface area contributed by atoms with Gasteiger partial charge in [-0.1, -0.05) is 152 Å². The van der Waals surface area contributed by atoms with Crippen molar-refractivity contribution in [1.82, 2.24) is 0 Å². The Kier molecular flexibility index (Phi) is 13.9. The number of Topliss-reactive ketones (excluding diaryl/α,β-unsaturated/α-hetero) is 2. The van der Waals surface area contributed by atoms with Crippen molar-refractivity contribution in [3.63, 3.8) is 0 Å². The minimum Gasteiger partial charge on any atom is -0.299 e. The van der Waals surface area contributed by atoms with E-state index in [9.17, 15) is 9.59 Å². The van der Waals surface area contributed by atoms with E-state index < -0.39 is 0 Å². The highest BCUT2D eigenvalue weighted by molar-refractivity contribution is 5.90. The third kappa shape index (κ3) is 9.21. The molecule has 3 rings (SSSR count). The number of benzene rings is 2. The maximum atomic E-state index is 14.1. The topological polar surface area (TPSA) is 34.1 Å². The summed E-state index contributed by atoms with van der Waals surface area (Å²) >= 11 is 0. The molecule has 2 heteroatoms. The fourth-order valence-electron chi connectivity index (χ4n) is 6.67. The lowest BCUT2D eigenvalue weighted by Gasteiger charge is -2.42. The fourth-order valence-corrected chi connectivity index (χ4v) is 6.67. The summed E-state index contributed by atoms with van der Waals surface area (Å²) in [5.41, 5.74) is 2.33. The molecule has 38 heavy (non-hydrogen) atoms. The Hall–Kier alpha value is -2.22. The third-order valence-electron chi connectivity index (χ3n) is 8.77. The van der Waals surface area contributed by atoms with Crippen LogP contribution in [-0.2, 0) is 9.59 Å². The van der Waals surface area contributed by atoms with Crippen LogP contribution < -0.4 is 0 Å². The minimum atomic E-state index is -0.123. The zero-order chi connectivity index (χ0) is 27.0. The molecule has 1 aliphatic carbocycles. The highest BCUT2D eigenvalue weighted by atomic mass is 16.1. The molecular weight excluding hydrogens is 464 g/mol. The van der Waals surface area contributed by atoms with Crippen LogP contribution in [0.4, 0.5) is 0 Å². The van der Waals surface area contributed by atoms with Gasteiger partial charge < -0.3 is 0 Å². The Balaban J connectivity index is 1.80. The van der Waals surface area contributed by atoms with Crippen molar-refractivity contribution in [3.05, 3.63) is 71.8 Å². The van der Waals surface area contributed by atoms with Crippen LogP contribution in [0.2, 0.25) is 0 Å². The summed E-state index contributed by atoms with van der Waals surface area (Å²) < 4.78 is 0. The smallest absolute Gasteiger partial charge is 0.137 e. The van der Waals surface area contributed by atoms with Gasteiger partial charge in [0.25, 0.3) is 0 Å². The van der Waals surface area contributed by atoms with Gasteiger partial charge in [-0.3, -0.25) is 9.59 Å². The first kappa shape index (κ1) is 30.3. The van der Waals surface area contributed by atoms with E-state index in [0.717, 1.165) is 31.2 Å². The summed E-state index contributed by atoms with van der Waals surface area (Å²) in [6.07, 6.45) is 17.9. The van der Waals surface area contributed by atoms with Gasteiger partial charge in [-0.15, -0.1) is 0 Å². The summed E-state index contributed by atoms with van der Waals surface area (Å²) in [6, 6.07) is 20.9. The number of hydrogen-bond acceptors (Lipinski definition) is 2. The quantitative estimate of drug-likeness (QED) is 0.185. The molecule has 0 amide bonds. The molecule has 1 saturated carbocycles. The Morgan fingerprint density at radius 1 is 0.658 bits per heavy atom. The second-order valence-corrected chi connectivity index (χ2v) is 11.7. The molecule has 2 aromatic rings. The van der Waals surface area contributed by atoms with Crippen LogP contribution >= 0.6 is 0 Å². The largest absolute Gasteiger partial charge is 0.299 e. The predicted molar refractivity (Wildman–Crippen MR) is 161 cm³/mol. The van der Waals surface area contributed by atoms with E-state index in [0.29, 0.717) is 24.4 Å². The SMILES string of the molecule is CCCCCCCCCC(=O)[C@H]1[C@@H](c2ccccc2)[C@@H](CCCCCCCC)C(=O)C[C@@H]1c1ccccc1. The molecule has 0 aromatic heterocycles. The van der Waals surface area contributed by atoms with Crippen molar-refractivity contribution in [2.24, 2.45) is 11.8 Å². The number of carbonyl (C=O) groups excluding carboxylic acids is 2. The summed E-state index contributed by atoms with van der Waals surface area (Å²) in [7, 11) is 0. The molecule has 4 atom stereocenters. The zero-order valence-corrected chi connectivity index (χ0v) is 24.2. The first-order chi connectivity index (χ1) is 18.7. The van der Waals surface area contributed by atoms with Crippen LogP contribution in [0.1, 0.15) is 140 Å². The lowest BCUT2D eigenvalue weighted by Crippen LogP contribution is -2.42. The monoisotopic (exact) mass is 516 g/mol. The highest BCUT2D eigenvalue weighted by Crippen LogP contribution is 2.50. The van der Waals surface area contributed by atoms with E-state index >= 15 is 0 Å². The first-order valence-corrected chi connectivity index (χ1v) is 15.8. The average molecular weight is 517 g/mol. The van der Waals surface area contributed by atoms with Crippen LogP contribution in [-0.4, -0.2) is 11.6 Å². The van der Waals surface area contributed by atoms with E-state index in [1.54, 1.807) is 0 Å². The molecule has 1 aliphatic rings. The third-order valence-corrected chi connectivity index (χ3v) is 8.77. The molecule has 0 aliphatic heterocycles. The number of hydrogen-bond donors (Lipinski definition) is 0. The molecule has 0 spiro atoms. The van der Waals surface area contributed by atoms with Crippen LogP contribution in [0.25, 0.3) is 0 Å². The fraction of sp³-hybridized carbons (Fsp3) is 0.611. The minimum absolute atomic E-state index is 0.0182. The summed E-state index contributed by atoms with van der Waals surface area (Å²) in [6.45, 7) is 4.50. The van der Waals surface area contributed by atoms with Crippen LogP contribution in [0, 0.1) is 11.8 Å². The number of unbranched alkanes of at least 4 members (excludes halogenated alkanes) is 11. The van der Waals surface area contributed by atoms with E-state index in [1.807, 2.05) is 12.1 Å². The number of carbonyl (C=O) groups is 2. The van der Waals surface area contributed by atoms with Gasteiger partial charge in [-0.05, 0) is 24.0 Å². The van der Waals surface area contributed by atoms with Gasteiger partial charge in [0.05, 0.1) is 0 Å². The van der Waals surface area contributed by atoms with Crippen molar-refractivity contribution in [1.29, 1.82) is 0 Å². The van der Waals surface area contributed by atoms with Gasteiger partial charge in [-0.2, -0.15) is 0 Å². The molecule has 208 valence electrons. The average Bonchev–Trinajstić information content (AvgIpc) is 2.95. The maximum Gasteiger partial charge on any atom is 0.137 e. The number of ketones is 2. The van der Waals surface area contributed by atoms with Crippen molar-refractivity contribution >= 4 is 11.6 Å². The lowest BCUT2D eigenvalue weighted by molar-refractivity contribution is -0.133. The molecule has 0 heterocycles. The lowest BCUT2D eigenvalue weighted by atomic mass is 9.59. The zero-order valence-electron chi connectivity index (χ0n) is 24.2. The standard InChI is InChI=1S/C36H52O2/c1-3-5-7-9-11-13-21-27-33(37)36-32(29-22-16-14-17-23-29)28-34(38)31(26-20-12-10-8-6-4-2)35(36)30-24-18-15-19-25-30/h14-19,22-25,31-32,35-36H,3-13,20-21,26-28H2,1-2H3/t31-,32+,35-,36-/m0/s1. The second kappa shape index (κ2) is 17.4. The summed E-state index contributed by atoms with van der Waals surface area (Å²) in [4.78, 5) is 27.9. The molecule has 0 N–H and O–H groups in total. The molecule has 0 radical (unpaired) electrons. The Morgan fingerprint density at radius 2 is 1.16 bits per heavy atom. The van der Waals surface area contributed by atoms with E-state index in [2.05, 4.69) is 62.4 Å². The van der Waals surface area contributed by atoms with Gasteiger partial charge in [0.2, 0.25) is 0 Å². The van der Waals surface area contributed by atoms with Crippen molar-refractivity contribution < 1.29 is 9.59 Å². The molecular formula is C36H52O2. The van der Waals surface area contributed by atoms with Crippen molar-refractivity contribution in [2.45, 2.75) is 128 Å². The Morgan fingerprint density at radius 3 is 1.74 bits per heavy atom. The van der Waals surface area contributed by atoms with Gasteiger partial charge >= 0.3 is 0 Å².